The van der Waals surface area contributed by atoms with E-state index in [1.807, 2.05) is 0 Å². The fourth-order valence-electron chi connectivity index (χ4n) is 2.66. The van der Waals surface area contributed by atoms with E-state index in [0.29, 0.717) is 0 Å². The van der Waals surface area contributed by atoms with E-state index < -0.39 is 0 Å². The summed E-state index contributed by atoms with van der Waals surface area (Å²) in [4.78, 5) is 2.56. The van der Waals surface area contributed by atoms with E-state index in [1.165, 1.54) is 49.2 Å². The summed E-state index contributed by atoms with van der Waals surface area (Å²) in [6.07, 6.45) is 4.07. The number of nitrogens with zero attached hydrogens (tertiary/aromatic N) is 1. The highest BCUT2D eigenvalue weighted by Crippen LogP contribution is 2.26. The van der Waals surface area contributed by atoms with Crippen molar-refractivity contribution in [2.75, 3.05) is 18.0 Å². The smallest absolute Gasteiger partial charge is 0.0369 e. The molecular formula is C15H22BrN. The van der Waals surface area contributed by atoms with Gasteiger partial charge in [0, 0.05) is 24.1 Å². The van der Waals surface area contributed by atoms with Crippen LogP contribution in [0.3, 0.4) is 0 Å². The monoisotopic (exact) mass is 295 g/mol. The van der Waals surface area contributed by atoms with Crippen molar-refractivity contribution in [3.05, 3.63) is 29.3 Å². The molecule has 1 fully saturated rings. The topological polar surface area (TPSA) is 3.24 Å². The summed E-state index contributed by atoms with van der Waals surface area (Å²) in [5, 5.41) is 0.955. The molecule has 94 valence electrons. The molecule has 0 spiro atoms. The zero-order valence-corrected chi connectivity index (χ0v) is 12.5. The Bertz CT molecular complexity index is 375. The average molecular weight is 296 g/mol. The summed E-state index contributed by atoms with van der Waals surface area (Å²) in [6, 6.07) is 6.88. The Balaban J connectivity index is 2.13. The Morgan fingerprint density at radius 2 is 2.24 bits per heavy atom. The number of benzene rings is 1. The molecule has 1 atom stereocenters. The van der Waals surface area contributed by atoms with Crippen molar-refractivity contribution in [3.63, 3.8) is 0 Å². The van der Waals surface area contributed by atoms with E-state index >= 15 is 0 Å². The molecule has 0 radical (unpaired) electrons. The maximum Gasteiger partial charge on any atom is 0.0369 e. The normalized spacial score (nSPS) is 20.6. The van der Waals surface area contributed by atoms with Gasteiger partial charge in [-0.3, -0.25) is 0 Å². The van der Waals surface area contributed by atoms with E-state index in [0.717, 1.165) is 11.2 Å². The maximum atomic E-state index is 3.54. The quantitative estimate of drug-likeness (QED) is 0.741. The predicted octanol–water partition coefficient (Wildman–Crippen LogP) is 4.52. The van der Waals surface area contributed by atoms with Gasteiger partial charge < -0.3 is 4.90 Å². The lowest BCUT2D eigenvalue weighted by atomic mass is 9.95. The van der Waals surface area contributed by atoms with Gasteiger partial charge in [-0.05, 0) is 48.9 Å². The van der Waals surface area contributed by atoms with Crippen LogP contribution in [-0.2, 0) is 5.33 Å². The molecule has 0 aliphatic carbocycles. The highest BCUT2D eigenvalue weighted by Gasteiger charge is 2.18. The highest BCUT2D eigenvalue weighted by atomic mass is 79.9. The zero-order valence-electron chi connectivity index (χ0n) is 10.9. The number of anilines is 1. The molecule has 1 saturated heterocycles. The SMILES string of the molecule is CCC1CCCN(c2ccc(CBr)c(C)c2)C1. The molecule has 1 aliphatic heterocycles. The van der Waals surface area contributed by atoms with E-state index in [2.05, 4.69) is 52.9 Å². The van der Waals surface area contributed by atoms with Crippen molar-refractivity contribution in [1.82, 2.24) is 0 Å². The number of halogens is 1. The number of alkyl halides is 1. The van der Waals surface area contributed by atoms with E-state index in [9.17, 15) is 0 Å². The van der Waals surface area contributed by atoms with Crippen molar-refractivity contribution in [2.45, 2.75) is 38.4 Å². The van der Waals surface area contributed by atoms with Crippen LogP contribution in [0.2, 0.25) is 0 Å². The maximum absolute atomic E-state index is 3.54. The molecule has 1 aromatic rings. The summed E-state index contributed by atoms with van der Waals surface area (Å²) in [7, 11) is 0. The van der Waals surface area contributed by atoms with Crippen molar-refractivity contribution in [3.8, 4) is 0 Å². The van der Waals surface area contributed by atoms with Gasteiger partial charge >= 0.3 is 0 Å². The summed E-state index contributed by atoms with van der Waals surface area (Å²) in [6.45, 7) is 6.99. The lowest BCUT2D eigenvalue weighted by Crippen LogP contribution is -2.35. The van der Waals surface area contributed by atoms with Crippen LogP contribution in [0.4, 0.5) is 5.69 Å². The first kappa shape index (κ1) is 12.9. The van der Waals surface area contributed by atoms with Gasteiger partial charge in [-0.1, -0.05) is 35.3 Å². The van der Waals surface area contributed by atoms with Crippen LogP contribution in [0.1, 0.15) is 37.3 Å². The molecule has 0 amide bonds. The van der Waals surface area contributed by atoms with E-state index in [-0.39, 0.29) is 0 Å². The fraction of sp³-hybridized carbons (Fsp3) is 0.600. The first-order valence-corrected chi connectivity index (χ1v) is 7.77. The first-order chi connectivity index (χ1) is 8.24. The lowest BCUT2D eigenvalue weighted by molar-refractivity contribution is 0.404. The second kappa shape index (κ2) is 5.90. The van der Waals surface area contributed by atoms with Crippen LogP contribution in [0, 0.1) is 12.8 Å². The number of rotatable bonds is 3. The molecule has 0 saturated carbocycles. The molecule has 17 heavy (non-hydrogen) atoms. The van der Waals surface area contributed by atoms with Crippen molar-refractivity contribution < 1.29 is 0 Å². The van der Waals surface area contributed by atoms with Gasteiger partial charge in [0.25, 0.3) is 0 Å². The molecule has 1 heterocycles. The molecular weight excluding hydrogens is 274 g/mol. The first-order valence-electron chi connectivity index (χ1n) is 6.65. The predicted molar refractivity (Wildman–Crippen MR) is 79.0 cm³/mol. The Hall–Kier alpha value is -0.500. The van der Waals surface area contributed by atoms with Crippen molar-refractivity contribution in [2.24, 2.45) is 5.92 Å². The Morgan fingerprint density at radius 1 is 1.41 bits per heavy atom. The Morgan fingerprint density at radius 3 is 2.88 bits per heavy atom. The summed E-state index contributed by atoms with van der Waals surface area (Å²) < 4.78 is 0. The third kappa shape index (κ3) is 3.04. The van der Waals surface area contributed by atoms with Gasteiger partial charge in [-0.15, -0.1) is 0 Å². The van der Waals surface area contributed by atoms with Gasteiger partial charge in [0.05, 0.1) is 0 Å². The van der Waals surface area contributed by atoms with Crippen molar-refractivity contribution >= 4 is 21.6 Å². The van der Waals surface area contributed by atoms with Crippen molar-refractivity contribution in [1.29, 1.82) is 0 Å². The van der Waals surface area contributed by atoms with Gasteiger partial charge in [0.1, 0.15) is 0 Å². The lowest BCUT2D eigenvalue weighted by Gasteiger charge is -2.34. The van der Waals surface area contributed by atoms with Gasteiger partial charge in [-0.25, -0.2) is 0 Å². The van der Waals surface area contributed by atoms with Crippen LogP contribution in [0.25, 0.3) is 0 Å². The number of hydrogen-bond donors (Lipinski definition) is 0. The zero-order chi connectivity index (χ0) is 12.3. The minimum absolute atomic E-state index is 0.889. The largest absolute Gasteiger partial charge is 0.371 e. The number of aryl methyl sites for hydroxylation is 1. The minimum atomic E-state index is 0.889. The van der Waals surface area contributed by atoms with Crippen LogP contribution >= 0.6 is 15.9 Å². The second-order valence-corrected chi connectivity index (χ2v) is 5.67. The minimum Gasteiger partial charge on any atom is -0.371 e. The van der Waals surface area contributed by atoms with E-state index in [1.54, 1.807) is 0 Å². The van der Waals surface area contributed by atoms with Crippen LogP contribution in [0.5, 0.6) is 0 Å². The standard InChI is InChI=1S/C15H22BrN/c1-3-13-5-4-8-17(11-13)15-7-6-14(10-16)12(2)9-15/h6-7,9,13H,3-5,8,10-11H2,1-2H3. The van der Waals surface area contributed by atoms with Gasteiger partial charge in [0.2, 0.25) is 0 Å². The summed E-state index contributed by atoms with van der Waals surface area (Å²) >= 11 is 3.54. The molecule has 2 rings (SSSR count). The molecule has 1 unspecified atom stereocenters. The highest BCUT2D eigenvalue weighted by molar-refractivity contribution is 9.08. The summed E-state index contributed by atoms with van der Waals surface area (Å²) in [5.41, 5.74) is 4.21. The Labute approximate surface area is 113 Å². The molecule has 0 bridgehead atoms. The number of hydrogen-bond acceptors (Lipinski definition) is 1. The molecule has 2 heteroatoms. The second-order valence-electron chi connectivity index (χ2n) is 5.11. The third-order valence-electron chi connectivity index (χ3n) is 3.93. The molecule has 0 N–H and O–H groups in total. The van der Waals surface area contributed by atoms with Crippen LogP contribution in [0.15, 0.2) is 18.2 Å². The summed E-state index contributed by atoms with van der Waals surface area (Å²) in [5.74, 6) is 0.889. The van der Waals surface area contributed by atoms with Crippen LogP contribution in [-0.4, -0.2) is 13.1 Å². The van der Waals surface area contributed by atoms with Crippen LogP contribution < -0.4 is 4.90 Å². The molecule has 1 aromatic carbocycles. The fourth-order valence-corrected chi connectivity index (χ4v) is 3.29. The van der Waals surface area contributed by atoms with Gasteiger partial charge in [-0.2, -0.15) is 0 Å². The van der Waals surface area contributed by atoms with E-state index in [4.69, 9.17) is 0 Å². The molecule has 0 aromatic heterocycles. The molecule has 1 nitrogen and oxygen atoms in total. The molecule has 1 aliphatic rings. The number of piperidine rings is 1. The Kier molecular flexibility index (Phi) is 4.49. The third-order valence-corrected chi connectivity index (χ3v) is 4.54. The van der Waals surface area contributed by atoms with Gasteiger partial charge in [0.15, 0.2) is 0 Å². The average Bonchev–Trinajstić information content (AvgIpc) is 2.38.